The number of aryl methyl sites for hydroxylation is 2. The maximum absolute atomic E-state index is 13.0. The van der Waals surface area contributed by atoms with Gasteiger partial charge in [0.15, 0.2) is 0 Å². The number of benzene rings is 1. The molecule has 2 aliphatic rings. The fraction of sp³-hybridized carbons (Fsp3) is 0.522. The molecule has 0 radical (unpaired) electrons. The van der Waals surface area contributed by atoms with E-state index in [0.29, 0.717) is 19.4 Å². The van der Waals surface area contributed by atoms with Crippen LogP contribution in [0, 0.1) is 19.3 Å². The van der Waals surface area contributed by atoms with Crippen molar-refractivity contribution in [3.8, 4) is 0 Å². The normalized spacial score (nSPS) is 24.7. The molecule has 0 aliphatic carbocycles. The number of hydrogen-bond donors (Lipinski definition) is 1. The second-order valence-corrected chi connectivity index (χ2v) is 8.59. The lowest BCUT2D eigenvalue weighted by molar-refractivity contribution is -0.137. The van der Waals surface area contributed by atoms with Crippen molar-refractivity contribution < 1.29 is 9.90 Å². The molecule has 0 saturated carbocycles. The topological polar surface area (TPSA) is 69.6 Å². The number of aliphatic hydroxyl groups excluding tert-OH is 1. The lowest BCUT2D eigenvalue weighted by atomic mass is 9.71. The summed E-state index contributed by atoms with van der Waals surface area (Å²) in [5.74, 6) is 1.86. The molecule has 1 aromatic carbocycles. The van der Waals surface area contributed by atoms with E-state index in [1.54, 1.807) is 0 Å². The number of rotatable bonds is 3. The Hall–Kier alpha value is -2.47. The number of hydrogen-bond acceptors (Lipinski definition) is 5. The summed E-state index contributed by atoms with van der Waals surface area (Å²) in [6.45, 7) is 6.81. The lowest BCUT2D eigenvalue weighted by Gasteiger charge is -2.51. The third-order valence-electron chi connectivity index (χ3n) is 6.41. The van der Waals surface area contributed by atoms with Crippen LogP contribution in [0.4, 0.5) is 5.82 Å². The van der Waals surface area contributed by atoms with Gasteiger partial charge in [-0.05, 0) is 38.7 Å². The summed E-state index contributed by atoms with van der Waals surface area (Å²) < 4.78 is 0. The Balaban J connectivity index is 1.52. The molecule has 2 atom stereocenters. The minimum atomic E-state index is -0.394. The van der Waals surface area contributed by atoms with Crippen molar-refractivity contribution in [1.29, 1.82) is 0 Å². The van der Waals surface area contributed by atoms with E-state index >= 15 is 0 Å². The quantitative estimate of drug-likeness (QED) is 0.866. The van der Waals surface area contributed by atoms with E-state index in [0.717, 1.165) is 55.2 Å². The molecule has 4 rings (SSSR count). The first-order chi connectivity index (χ1) is 14.0. The van der Waals surface area contributed by atoms with E-state index in [1.165, 1.54) is 0 Å². The zero-order valence-electron chi connectivity index (χ0n) is 17.3. The first-order valence-corrected chi connectivity index (χ1v) is 10.5. The Bertz CT molecular complexity index is 872. The maximum Gasteiger partial charge on any atom is 0.227 e. The Morgan fingerprint density at radius 2 is 2.00 bits per heavy atom. The van der Waals surface area contributed by atoms with Crippen LogP contribution in [0.5, 0.6) is 0 Å². The number of aromatic nitrogens is 2. The molecule has 1 spiro atoms. The summed E-state index contributed by atoms with van der Waals surface area (Å²) in [5, 5.41) is 11.0. The van der Waals surface area contributed by atoms with E-state index in [9.17, 15) is 9.90 Å². The molecule has 2 saturated heterocycles. The van der Waals surface area contributed by atoms with Crippen molar-refractivity contribution in [2.45, 2.75) is 45.6 Å². The molecule has 6 heteroatoms. The molecule has 2 fully saturated rings. The van der Waals surface area contributed by atoms with Crippen LogP contribution in [0.2, 0.25) is 0 Å². The van der Waals surface area contributed by atoms with Crippen molar-refractivity contribution >= 4 is 11.7 Å². The predicted molar refractivity (Wildman–Crippen MR) is 113 cm³/mol. The third-order valence-corrected chi connectivity index (χ3v) is 6.41. The second kappa shape index (κ2) is 8.11. The zero-order valence-corrected chi connectivity index (χ0v) is 17.3. The van der Waals surface area contributed by atoms with Crippen molar-refractivity contribution in [2.24, 2.45) is 5.41 Å². The van der Waals surface area contributed by atoms with Crippen LogP contribution in [0.3, 0.4) is 0 Å². The van der Waals surface area contributed by atoms with Gasteiger partial charge in [0, 0.05) is 43.4 Å². The third kappa shape index (κ3) is 4.13. The molecule has 1 amide bonds. The van der Waals surface area contributed by atoms with E-state index in [4.69, 9.17) is 0 Å². The van der Waals surface area contributed by atoms with Crippen molar-refractivity contribution in [3.05, 3.63) is 53.5 Å². The van der Waals surface area contributed by atoms with Gasteiger partial charge in [0.2, 0.25) is 5.91 Å². The molecule has 6 nitrogen and oxygen atoms in total. The Morgan fingerprint density at radius 1 is 1.21 bits per heavy atom. The summed E-state index contributed by atoms with van der Waals surface area (Å²) in [6, 6.07) is 9.89. The molecule has 3 heterocycles. The number of aliphatic hydroxyl groups is 1. The highest BCUT2D eigenvalue weighted by molar-refractivity contribution is 5.79. The summed E-state index contributed by atoms with van der Waals surface area (Å²) in [5.41, 5.74) is 1.79. The van der Waals surface area contributed by atoms with Gasteiger partial charge in [-0.2, -0.15) is 0 Å². The number of nitrogens with zero attached hydrogens (tertiary/aromatic N) is 4. The lowest BCUT2D eigenvalue weighted by Crippen LogP contribution is -2.60. The molecule has 2 aliphatic heterocycles. The number of amides is 1. The van der Waals surface area contributed by atoms with Crippen molar-refractivity contribution in [1.82, 2.24) is 14.9 Å². The van der Waals surface area contributed by atoms with Crippen LogP contribution >= 0.6 is 0 Å². The van der Waals surface area contributed by atoms with E-state index in [1.807, 2.05) is 55.3 Å². The number of likely N-dealkylation sites (tertiary alicyclic amines) is 1. The average molecular weight is 395 g/mol. The van der Waals surface area contributed by atoms with Gasteiger partial charge in [0.05, 0.1) is 12.5 Å². The fourth-order valence-electron chi connectivity index (χ4n) is 4.82. The summed E-state index contributed by atoms with van der Waals surface area (Å²) in [4.78, 5) is 26.2. The monoisotopic (exact) mass is 394 g/mol. The van der Waals surface area contributed by atoms with Crippen LogP contribution in [0.25, 0.3) is 0 Å². The highest BCUT2D eigenvalue weighted by atomic mass is 16.3. The Labute approximate surface area is 172 Å². The van der Waals surface area contributed by atoms with Crippen LogP contribution in [0.15, 0.2) is 36.5 Å². The smallest absolute Gasteiger partial charge is 0.227 e. The van der Waals surface area contributed by atoms with Gasteiger partial charge >= 0.3 is 0 Å². The van der Waals surface area contributed by atoms with E-state index in [-0.39, 0.29) is 11.3 Å². The second-order valence-electron chi connectivity index (χ2n) is 8.59. The maximum atomic E-state index is 13.0. The average Bonchev–Trinajstić information content (AvgIpc) is 2.73. The molecule has 1 N–H and O–H groups in total. The van der Waals surface area contributed by atoms with Gasteiger partial charge in [0.1, 0.15) is 11.6 Å². The minimum Gasteiger partial charge on any atom is -0.392 e. The van der Waals surface area contributed by atoms with Gasteiger partial charge in [-0.1, -0.05) is 30.3 Å². The van der Waals surface area contributed by atoms with Crippen molar-refractivity contribution in [3.63, 3.8) is 0 Å². The predicted octanol–water partition coefficient (Wildman–Crippen LogP) is 2.52. The Morgan fingerprint density at radius 3 is 2.79 bits per heavy atom. The first-order valence-electron chi connectivity index (χ1n) is 10.5. The number of anilines is 1. The fourth-order valence-corrected chi connectivity index (χ4v) is 4.82. The van der Waals surface area contributed by atoms with Crippen LogP contribution in [-0.4, -0.2) is 58.2 Å². The zero-order chi connectivity index (χ0) is 20.4. The SMILES string of the molecule is Cc1ncc(C)c(N2CC[C@@H](O)[C@]3(CCCN(C(=O)Cc4ccccc4)C3)C2)n1. The first kappa shape index (κ1) is 19.8. The highest BCUT2D eigenvalue weighted by Gasteiger charge is 2.46. The van der Waals surface area contributed by atoms with Gasteiger partial charge < -0.3 is 14.9 Å². The number of carbonyl (C=O) groups excluding carboxylic acids is 1. The van der Waals surface area contributed by atoms with Crippen LogP contribution < -0.4 is 4.90 Å². The molecular formula is C23H30N4O2. The summed E-state index contributed by atoms with van der Waals surface area (Å²) in [6.07, 6.45) is 4.45. The van der Waals surface area contributed by atoms with Gasteiger partial charge in [-0.3, -0.25) is 4.79 Å². The molecule has 154 valence electrons. The molecule has 1 aromatic heterocycles. The van der Waals surface area contributed by atoms with Crippen LogP contribution in [-0.2, 0) is 11.2 Å². The molecule has 2 aromatic rings. The van der Waals surface area contributed by atoms with Crippen LogP contribution in [0.1, 0.15) is 36.2 Å². The molecule has 0 bridgehead atoms. The van der Waals surface area contributed by atoms with Gasteiger partial charge in [-0.15, -0.1) is 0 Å². The standard InChI is InChI=1S/C23H30N4O2/c1-17-14-24-18(2)25-22(17)27-12-9-20(28)23(16-27)10-6-11-26(15-23)21(29)13-19-7-4-3-5-8-19/h3-5,7-8,14,20,28H,6,9-13,15-16H2,1-2H3/t20-,23+/m1/s1. The number of carbonyl (C=O) groups is 1. The van der Waals surface area contributed by atoms with Gasteiger partial charge in [0.25, 0.3) is 0 Å². The highest BCUT2D eigenvalue weighted by Crippen LogP contribution is 2.40. The van der Waals surface area contributed by atoms with Crippen molar-refractivity contribution in [2.75, 3.05) is 31.1 Å². The molecule has 29 heavy (non-hydrogen) atoms. The minimum absolute atomic E-state index is 0.147. The van der Waals surface area contributed by atoms with E-state index in [2.05, 4.69) is 14.9 Å². The largest absolute Gasteiger partial charge is 0.392 e. The summed E-state index contributed by atoms with van der Waals surface area (Å²) in [7, 11) is 0. The number of piperidine rings is 2. The molecular weight excluding hydrogens is 364 g/mol. The Kier molecular flexibility index (Phi) is 5.54. The van der Waals surface area contributed by atoms with Gasteiger partial charge in [-0.25, -0.2) is 9.97 Å². The van der Waals surface area contributed by atoms with E-state index < -0.39 is 6.10 Å². The molecule has 0 unspecified atom stereocenters. The summed E-state index contributed by atoms with van der Waals surface area (Å²) >= 11 is 0.